The largest absolute Gasteiger partial charge is 0.464 e. The molecule has 0 radical (unpaired) electrons. The van der Waals surface area contributed by atoms with E-state index in [0.29, 0.717) is 18.8 Å². The number of esters is 1. The molecule has 0 aromatic carbocycles. The van der Waals surface area contributed by atoms with Crippen LogP contribution in [0.5, 0.6) is 0 Å². The predicted molar refractivity (Wildman–Crippen MR) is 90.9 cm³/mol. The maximum absolute atomic E-state index is 13.4. The van der Waals surface area contributed by atoms with Crippen LogP contribution in [0.3, 0.4) is 0 Å². The minimum Gasteiger partial charge on any atom is -0.464 e. The van der Waals surface area contributed by atoms with Gasteiger partial charge in [0.15, 0.2) is 5.69 Å². The highest BCUT2D eigenvalue weighted by Crippen LogP contribution is 2.59. The van der Waals surface area contributed by atoms with E-state index in [1.807, 2.05) is 19.9 Å². The Morgan fingerprint density at radius 2 is 2.12 bits per heavy atom. The number of halogens is 2. The van der Waals surface area contributed by atoms with Crippen LogP contribution in [0, 0.1) is 5.41 Å². The van der Waals surface area contributed by atoms with Crippen molar-refractivity contribution >= 4 is 11.8 Å². The molecule has 1 aliphatic carbocycles. The Balaban J connectivity index is 1.86. The molecule has 1 spiro atoms. The second-order valence-corrected chi connectivity index (χ2v) is 7.60. The van der Waals surface area contributed by atoms with Gasteiger partial charge in [-0.1, -0.05) is 6.07 Å². The molecule has 1 unspecified atom stereocenters. The number of nitrogens with one attached hydrogen (secondary N) is 2. The fourth-order valence-electron chi connectivity index (χ4n) is 4.06. The zero-order chi connectivity index (χ0) is 18.2. The van der Waals surface area contributed by atoms with Gasteiger partial charge >= 0.3 is 5.97 Å². The van der Waals surface area contributed by atoms with E-state index < -0.39 is 11.9 Å². The van der Waals surface area contributed by atoms with Gasteiger partial charge in [-0.05, 0) is 44.7 Å². The first-order valence-electron chi connectivity index (χ1n) is 8.71. The summed E-state index contributed by atoms with van der Waals surface area (Å²) in [7, 11) is 1.32. The number of piperidine rings is 1. The zero-order valence-electron chi connectivity index (χ0n) is 14.9. The maximum Gasteiger partial charge on any atom is 0.356 e. The molecule has 2 N–H and O–H groups in total. The average Bonchev–Trinajstić information content (AvgIpc) is 2.51. The Kier molecular flexibility index (Phi) is 4.70. The number of hydrogen-bond donors (Lipinski definition) is 2. The first-order chi connectivity index (χ1) is 11.7. The second-order valence-electron chi connectivity index (χ2n) is 7.60. The first-order valence-corrected chi connectivity index (χ1v) is 8.71. The van der Waals surface area contributed by atoms with Gasteiger partial charge in [0.1, 0.15) is 5.82 Å². The van der Waals surface area contributed by atoms with Crippen LogP contribution in [0.15, 0.2) is 12.1 Å². The number of carbonyl (C=O) groups is 1. The number of rotatable bonds is 4. The van der Waals surface area contributed by atoms with Crippen molar-refractivity contribution in [2.24, 2.45) is 5.41 Å². The van der Waals surface area contributed by atoms with Crippen LogP contribution in [0.25, 0.3) is 0 Å². The molecule has 0 amide bonds. The Hall–Kier alpha value is -1.76. The van der Waals surface area contributed by atoms with Crippen molar-refractivity contribution in [3.63, 3.8) is 0 Å². The van der Waals surface area contributed by atoms with Gasteiger partial charge in [0.25, 0.3) is 0 Å². The van der Waals surface area contributed by atoms with Crippen LogP contribution in [0.1, 0.15) is 61.6 Å². The number of nitrogens with zero attached hydrogens (tertiary/aromatic N) is 1. The highest BCUT2D eigenvalue weighted by molar-refractivity contribution is 5.87. The number of ether oxygens (including phenoxy) is 1. The molecule has 1 saturated carbocycles. The number of methoxy groups -OCH3 is 1. The average molecular weight is 353 g/mol. The van der Waals surface area contributed by atoms with E-state index in [1.165, 1.54) is 7.11 Å². The van der Waals surface area contributed by atoms with Gasteiger partial charge in [-0.3, -0.25) is 0 Å². The summed E-state index contributed by atoms with van der Waals surface area (Å²) in [6.07, 6.45) is 1.38. The highest BCUT2D eigenvalue weighted by Gasteiger charge is 2.57. The lowest BCUT2D eigenvalue weighted by Gasteiger charge is -2.52. The molecule has 1 aromatic rings. The normalized spacial score (nSPS) is 24.0. The summed E-state index contributed by atoms with van der Waals surface area (Å²) in [5, 5.41) is 6.68. The Labute approximate surface area is 146 Å². The number of anilines is 1. The molecule has 0 bridgehead atoms. The third-order valence-electron chi connectivity index (χ3n) is 5.07. The third-order valence-corrected chi connectivity index (χ3v) is 5.07. The molecule has 2 heterocycles. The molecule has 7 heteroatoms. The summed E-state index contributed by atoms with van der Waals surface area (Å²) in [5.74, 6) is -2.41. The van der Waals surface area contributed by atoms with Crippen LogP contribution < -0.4 is 10.6 Å². The topological polar surface area (TPSA) is 63.2 Å². The lowest BCUT2D eigenvalue weighted by Crippen LogP contribution is -2.52. The van der Waals surface area contributed by atoms with Gasteiger partial charge in [-0.25, -0.2) is 18.6 Å². The summed E-state index contributed by atoms with van der Waals surface area (Å²) in [6, 6.07) is 3.55. The monoisotopic (exact) mass is 353 g/mol. The molecule has 3 rings (SSSR count). The van der Waals surface area contributed by atoms with Gasteiger partial charge in [-0.2, -0.15) is 0 Å². The van der Waals surface area contributed by atoms with Crippen LogP contribution in [0.4, 0.5) is 14.6 Å². The molecule has 2 fully saturated rings. The van der Waals surface area contributed by atoms with Gasteiger partial charge in [0.2, 0.25) is 5.92 Å². The Morgan fingerprint density at radius 3 is 2.72 bits per heavy atom. The van der Waals surface area contributed by atoms with Crippen molar-refractivity contribution in [3.05, 3.63) is 23.4 Å². The summed E-state index contributed by atoms with van der Waals surface area (Å²) in [4.78, 5) is 16.2. The van der Waals surface area contributed by atoms with Crippen LogP contribution in [-0.4, -0.2) is 36.6 Å². The van der Waals surface area contributed by atoms with Crippen molar-refractivity contribution in [2.75, 3.05) is 19.0 Å². The molecule has 1 atom stereocenters. The molecular weight excluding hydrogens is 328 g/mol. The summed E-state index contributed by atoms with van der Waals surface area (Å²) >= 11 is 0. The molecule has 1 aromatic heterocycles. The Morgan fingerprint density at radius 1 is 1.40 bits per heavy atom. The number of hydrogen-bond acceptors (Lipinski definition) is 5. The van der Waals surface area contributed by atoms with Crippen molar-refractivity contribution in [1.29, 1.82) is 0 Å². The molecule has 1 aliphatic heterocycles. The van der Waals surface area contributed by atoms with Crippen molar-refractivity contribution < 1.29 is 18.3 Å². The van der Waals surface area contributed by atoms with E-state index in [2.05, 4.69) is 15.6 Å². The van der Waals surface area contributed by atoms with E-state index in [0.717, 1.165) is 12.0 Å². The molecule has 5 nitrogen and oxygen atoms in total. The zero-order valence-corrected chi connectivity index (χ0v) is 14.9. The van der Waals surface area contributed by atoms with E-state index in [-0.39, 0.29) is 36.0 Å². The standard InChI is InChI=1S/C18H25F2N3O2/c1-11(2)22-15-12(4-5-13(23-15)16(24)25-3)14-8-17(6-7-21-14)9-18(19,20)10-17/h4-5,11,14,21H,6-10H2,1-3H3,(H,22,23). The van der Waals surface area contributed by atoms with Gasteiger partial charge < -0.3 is 15.4 Å². The minimum absolute atomic E-state index is 0.0290. The summed E-state index contributed by atoms with van der Waals surface area (Å²) in [5.41, 5.74) is 0.862. The number of aromatic nitrogens is 1. The summed E-state index contributed by atoms with van der Waals surface area (Å²) < 4.78 is 31.6. The molecular formula is C18H25F2N3O2. The quantitative estimate of drug-likeness (QED) is 0.811. The van der Waals surface area contributed by atoms with Crippen LogP contribution in [-0.2, 0) is 4.74 Å². The van der Waals surface area contributed by atoms with Crippen molar-refractivity contribution in [2.45, 2.75) is 57.5 Å². The van der Waals surface area contributed by atoms with Crippen LogP contribution >= 0.6 is 0 Å². The fraction of sp³-hybridized carbons (Fsp3) is 0.667. The van der Waals surface area contributed by atoms with Gasteiger partial charge in [0.05, 0.1) is 7.11 Å². The van der Waals surface area contributed by atoms with E-state index in [4.69, 9.17) is 4.74 Å². The van der Waals surface area contributed by atoms with Gasteiger partial charge in [0, 0.05) is 30.5 Å². The van der Waals surface area contributed by atoms with E-state index >= 15 is 0 Å². The summed E-state index contributed by atoms with van der Waals surface area (Å²) in [6.45, 7) is 4.68. The second kappa shape index (κ2) is 6.52. The molecule has 1 saturated heterocycles. The van der Waals surface area contributed by atoms with E-state index in [9.17, 15) is 13.6 Å². The van der Waals surface area contributed by atoms with Crippen molar-refractivity contribution in [1.82, 2.24) is 10.3 Å². The SMILES string of the molecule is COC(=O)c1ccc(C2CC3(CCN2)CC(F)(F)C3)c(NC(C)C)n1. The predicted octanol–water partition coefficient (Wildman–Crippen LogP) is 3.53. The lowest BCUT2D eigenvalue weighted by atomic mass is 9.59. The smallest absolute Gasteiger partial charge is 0.356 e. The minimum atomic E-state index is -2.52. The Bertz CT molecular complexity index is 656. The fourth-order valence-corrected chi connectivity index (χ4v) is 4.06. The maximum atomic E-state index is 13.4. The molecule has 138 valence electrons. The van der Waals surface area contributed by atoms with Gasteiger partial charge in [-0.15, -0.1) is 0 Å². The highest BCUT2D eigenvalue weighted by atomic mass is 19.3. The van der Waals surface area contributed by atoms with Crippen LogP contribution in [0.2, 0.25) is 0 Å². The number of pyridine rings is 1. The molecule has 25 heavy (non-hydrogen) atoms. The lowest BCUT2D eigenvalue weighted by molar-refractivity contribution is -0.174. The van der Waals surface area contributed by atoms with Crippen molar-refractivity contribution in [3.8, 4) is 0 Å². The number of alkyl halides is 2. The van der Waals surface area contributed by atoms with E-state index in [1.54, 1.807) is 6.07 Å². The molecule has 2 aliphatic rings. The first kappa shape index (κ1) is 18.0. The third kappa shape index (κ3) is 3.76. The number of carbonyl (C=O) groups excluding carboxylic acids is 1.